The van der Waals surface area contributed by atoms with Crippen LogP contribution in [-0.2, 0) is 6.42 Å². The van der Waals surface area contributed by atoms with E-state index in [1.165, 1.54) is 17.5 Å². The molecule has 1 unspecified atom stereocenters. The predicted octanol–water partition coefficient (Wildman–Crippen LogP) is 2.56. The summed E-state index contributed by atoms with van der Waals surface area (Å²) in [4.78, 5) is 8.38. The average molecular weight is 298 g/mol. The van der Waals surface area contributed by atoms with Crippen molar-refractivity contribution in [3.8, 4) is 5.88 Å². The second kappa shape index (κ2) is 6.75. The van der Waals surface area contributed by atoms with Crippen molar-refractivity contribution < 1.29 is 4.74 Å². The smallest absolute Gasteiger partial charge is 0.218 e. The van der Waals surface area contributed by atoms with Crippen molar-refractivity contribution in [3.05, 3.63) is 47.8 Å². The number of hydrogen-bond acceptors (Lipinski definition) is 5. The molecule has 0 saturated heterocycles. The van der Waals surface area contributed by atoms with E-state index >= 15 is 0 Å². The van der Waals surface area contributed by atoms with E-state index in [1.54, 1.807) is 0 Å². The van der Waals surface area contributed by atoms with Crippen LogP contribution in [0.15, 0.2) is 36.7 Å². The van der Waals surface area contributed by atoms with E-state index in [0.717, 1.165) is 25.3 Å². The van der Waals surface area contributed by atoms with E-state index in [4.69, 9.17) is 4.74 Å². The van der Waals surface area contributed by atoms with E-state index in [2.05, 4.69) is 44.9 Å². The summed E-state index contributed by atoms with van der Waals surface area (Å²) in [6.45, 7) is 5.76. The molecule has 1 aliphatic rings. The summed E-state index contributed by atoms with van der Waals surface area (Å²) in [5.74, 6) is 1.39. The Morgan fingerprint density at radius 2 is 2.18 bits per heavy atom. The van der Waals surface area contributed by atoms with E-state index in [9.17, 15) is 0 Å². The summed E-state index contributed by atoms with van der Waals surface area (Å²) < 4.78 is 5.60. The molecule has 2 N–H and O–H groups in total. The SMILES string of the molecule is CC(C)Oc1cc(NCC2NCCc3ccccc32)ncn1. The van der Waals surface area contributed by atoms with Gasteiger partial charge in [-0.2, -0.15) is 0 Å². The minimum absolute atomic E-state index is 0.106. The number of benzene rings is 1. The van der Waals surface area contributed by atoms with Crippen LogP contribution in [0.3, 0.4) is 0 Å². The first-order valence-corrected chi connectivity index (χ1v) is 7.76. The molecule has 5 heteroatoms. The lowest BCUT2D eigenvalue weighted by molar-refractivity contribution is 0.232. The van der Waals surface area contributed by atoms with Crippen molar-refractivity contribution in [2.24, 2.45) is 0 Å². The Morgan fingerprint density at radius 1 is 1.32 bits per heavy atom. The molecule has 1 aromatic heterocycles. The Labute approximate surface area is 131 Å². The Bertz CT molecular complexity index is 630. The molecule has 0 aliphatic carbocycles. The van der Waals surface area contributed by atoms with Crippen molar-refractivity contribution in [1.29, 1.82) is 0 Å². The Morgan fingerprint density at radius 3 is 3.05 bits per heavy atom. The zero-order valence-corrected chi connectivity index (χ0v) is 13.0. The van der Waals surface area contributed by atoms with Crippen molar-refractivity contribution in [3.63, 3.8) is 0 Å². The van der Waals surface area contributed by atoms with Crippen LogP contribution in [0.25, 0.3) is 0 Å². The topological polar surface area (TPSA) is 59.1 Å². The molecule has 1 aromatic carbocycles. The summed E-state index contributed by atoms with van der Waals surface area (Å²) in [5, 5.41) is 6.93. The molecule has 3 rings (SSSR count). The molecular weight excluding hydrogens is 276 g/mol. The van der Waals surface area contributed by atoms with Gasteiger partial charge in [0.1, 0.15) is 12.1 Å². The largest absolute Gasteiger partial charge is 0.475 e. The number of rotatable bonds is 5. The highest BCUT2D eigenvalue weighted by Gasteiger charge is 2.18. The molecule has 0 radical (unpaired) electrons. The number of nitrogens with one attached hydrogen (secondary N) is 2. The number of ether oxygens (including phenoxy) is 1. The standard InChI is InChI=1S/C17H22N4O/c1-12(2)22-17-9-16(20-11-21-17)19-10-15-14-6-4-3-5-13(14)7-8-18-15/h3-6,9,11-12,15,18H,7-8,10H2,1-2H3,(H,19,20,21). The van der Waals surface area contributed by atoms with E-state index in [0.29, 0.717) is 11.9 Å². The molecule has 0 bridgehead atoms. The molecule has 0 spiro atoms. The molecule has 5 nitrogen and oxygen atoms in total. The number of anilines is 1. The zero-order valence-electron chi connectivity index (χ0n) is 13.0. The fourth-order valence-corrected chi connectivity index (χ4v) is 2.72. The monoisotopic (exact) mass is 298 g/mol. The van der Waals surface area contributed by atoms with Crippen molar-refractivity contribution in [1.82, 2.24) is 15.3 Å². The van der Waals surface area contributed by atoms with Gasteiger partial charge in [0.25, 0.3) is 0 Å². The summed E-state index contributed by atoms with van der Waals surface area (Å²) in [7, 11) is 0. The fraction of sp³-hybridized carbons (Fsp3) is 0.412. The van der Waals surface area contributed by atoms with Crippen molar-refractivity contribution in [2.45, 2.75) is 32.4 Å². The molecule has 0 fully saturated rings. The van der Waals surface area contributed by atoms with Crippen LogP contribution in [0.5, 0.6) is 5.88 Å². The van der Waals surface area contributed by atoms with Gasteiger partial charge in [-0.3, -0.25) is 0 Å². The zero-order chi connectivity index (χ0) is 15.4. The minimum Gasteiger partial charge on any atom is -0.475 e. The molecule has 2 heterocycles. The van der Waals surface area contributed by atoms with E-state index in [1.807, 2.05) is 19.9 Å². The number of hydrogen-bond donors (Lipinski definition) is 2. The second-order valence-corrected chi connectivity index (χ2v) is 5.74. The van der Waals surface area contributed by atoms with Crippen LogP contribution in [-0.4, -0.2) is 29.2 Å². The maximum atomic E-state index is 5.60. The van der Waals surface area contributed by atoms with Crippen molar-refractivity contribution >= 4 is 5.82 Å². The maximum absolute atomic E-state index is 5.60. The first-order chi connectivity index (χ1) is 10.7. The van der Waals surface area contributed by atoms with Crippen LogP contribution in [0.4, 0.5) is 5.82 Å². The third-order valence-corrected chi connectivity index (χ3v) is 3.70. The highest BCUT2D eigenvalue weighted by Crippen LogP contribution is 2.23. The first-order valence-electron chi connectivity index (χ1n) is 7.76. The summed E-state index contributed by atoms with van der Waals surface area (Å²) >= 11 is 0. The number of fused-ring (bicyclic) bond motifs is 1. The van der Waals surface area contributed by atoms with Gasteiger partial charge in [0, 0.05) is 18.7 Å². The summed E-state index contributed by atoms with van der Waals surface area (Å²) in [6.07, 6.45) is 2.73. The van der Waals surface area contributed by atoms with E-state index in [-0.39, 0.29) is 6.10 Å². The fourth-order valence-electron chi connectivity index (χ4n) is 2.72. The van der Waals surface area contributed by atoms with Crippen LogP contribution < -0.4 is 15.4 Å². The van der Waals surface area contributed by atoms with Gasteiger partial charge in [-0.25, -0.2) is 9.97 Å². The lowest BCUT2D eigenvalue weighted by Crippen LogP contribution is -2.34. The minimum atomic E-state index is 0.106. The van der Waals surface area contributed by atoms with Gasteiger partial charge in [-0.15, -0.1) is 0 Å². The molecule has 116 valence electrons. The summed E-state index contributed by atoms with van der Waals surface area (Å²) in [5.41, 5.74) is 2.80. The van der Waals surface area contributed by atoms with Gasteiger partial charge in [-0.05, 0) is 37.9 Å². The van der Waals surface area contributed by atoms with Gasteiger partial charge < -0.3 is 15.4 Å². The third kappa shape index (κ3) is 3.54. The van der Waals surface area contributed by atoms with Gasteiger partial charge in [0.15, 0.2) is 0 Å². The molecule has 22 heavy (non-hydrogen) atoms. The maximum Gasteiger partial charge on any atom is 0.218 e. The number of nitrogens with zero attached hydrogens (tertiary/aromatic N) is 2. The first kappa shape index (κ1) is 14.8. The van der Waals surface area contributed by atoms with Crippen LogP contribution >= 0.6 is 0 Å². The molecule has 1 atom stereocenters. The molecule has 1 aliphatic heterocycles. The van der Waals surface area contributed by atoms with Crippen LogP contribution in [0.2, 0.25) is 0 Å². The Kier molecular flexibility index (Phi) is 4.53. The Balaban J connectivity index is 1.66. The molecule has 2 aromatic rings. The second-order valence-electron chi connectivity index (χ2n) is 5.74. The quantitative estimate of drug-likeness (QED) is 0.888. The van der Waals surface area contributed by atoms with Gasteiger partial charge >= 0.3 is 0 Å². The van der Waals surface area contributed by atoms with Gasteiger partial charge in [-0.1, -0.05) is 24.3 Å². The highest BCUT2D eigenvalue weighted by atomic mass is 16.5. The van der Waals surface area contributed by atoms with Crippen LogP contribution in [0, 0.1) is 0 Å². The number of aromatic nitrogens is 2. The molecule has 0 amide bonds. The van der Waals surface area contributed by atoms with E-state index < -0.39 is 0 Å². The predicted molar refractivity (Wildman–Crippen MR) is 87.2 cm³/mol. The lowest BCUT2D eigenvalue weighted by atomic mass is 9.94. The third-order valence-electron chi connectivity index (χ3n) is 3.70. The Hall–Kier alpha value is -2.14. The molecular formula is C17H22N4O. The summed E-state index contributed by atoms with van der Waals surface area (Å²) in [6, 6.07) is 10.7. The lowest BCUT2D eigenvalue weighted by Gasteiger charge is -2.27. The van der Waals surface area contributed by atoms with Crippen molar-refractivity contribution in [2.75, 3.05) is 18.4 Å². The molecule has 0 saturated carbocycles. The van der Waals surface area contributed by atoms with Gasteiger partial charge in [0.2, 0.25) is 5.88 Å². The van der Waals surface area contributed by atoms with Crippen LogP contribution in [0.1, 0.15) is 31.0 Å². The highest BCUT2D eigenvalue weighted by molar-refractivity contribution is 5.39. The normalized spacial score (nSPS) is 17.1. The average Bonchev–Trinajstić information content (AvgIpc) is 2.52. The van der Waals surface area contributed by atoms with Gasteiger partial charge in [0.05, 0.1) is 6.10 Å².